The van der Waals surface area contributed by atoms with Crippen molar-refractivity contribution in [1.29, 1.82) is 0 Å². The Morgan fingerprint density at radius 1 is 1.32 bits per heavy atom. The highest BCUT2D eigenvalue weighted by atomic mass is 32.1. The number of carbonyl (C=O) groups is 1. The molecule has 0 N–H and O–H groups in total. The van der Waals surface area contributed by atoms with E-state index in [9.17, 15) is 4.79 Å². The number of rotatable bonds is 6. The predicted molar refractivity (Wildman–Crippen MR) is 97.1 cm³/mol. The summed E-state index contributed by atoms with van der Waals surface area (Å²) in [6.45, 7) is 2.04. The molecule has 1 aromatic heterocycles. The fourth-order valence-corrected chi connectivity index (χ4v) is 3.31. The number of benzene rings is 1. The van der Waals surface area contributed by atoms with Crippen LogP contribution in [0.4, 0.5) is 5.13 Å². The average molecular weight is 363 g/mol. The van der Waals surface area contributed by atoms with E-state index in [1.165, 1.54) is 17.6 Å². The van der Waals surface area contributed by atoms with E-state index in [4.69, 9.17) is 14.2 Å². The smallest absolute Gasteiger partial charge is 0.298 e. The van der Waals surface area contributed by atoms with Crippen molar-refractivity contribution in [3.8, 4) is 5.75 Å². The lowest BCUT2D eigenvalue weighted by Gasteiger charge is -2.24. The van der Waals surface area contributed by atoms with Gasteiger partial charge in [-0.3, -0.25) is 9.69 Å². The third-order valence-corrected chi connectivity index (χ3v) is 4.75. The Kier molecular flexibility index (Phi) is 5.40. The molecule has 2 aromatic rings. The molecule has 8 heteroatoms. The first-order chi connectivity index (χ1) is 12.1. The van der Waals surface area contributed by atoms with Gasteiger partial charge in [0.1, 0.15) is 25.2 Å². The van der Waals surface area contributed by atoms with Gasteiger partial charge < -0.3 is 19.1 Å². The quantitative estimate of drug-likeness (QED) is 0.783. The fraction of sp³-hybridized carbons (Fsp3) is 0.412. The molecule has 1 aromatic carbocycles. The molecule has 0 bridgehead atoms. The van der Waals surface area contributed by atoms with Crippen LogP contribution in [0.15, 0.2) is 30.2 Å². The number of ether oxygens (including phenoxy) is 3. The van der Waals surface area contributed by atoms with Crippen LogP contribution >= 0.6 is 11.3 Å². The predicted octanol–water partition coefficient (Wildman–Crippen LogP) is 2.09. The third kappa shape index (κ3) is 4.02. The maximum Gasteiger partial charge on any atom is 0.298 e. The SMILES string of the molecule is COc1ccc2sc(N(CCN(C)C)C(=O)C3=COCCO3)nc2c1. The van der Waals surface area contributed by atoms with Crippen LogP contribution in [-0.4, -0.2) is 63.3 Å². The minimum atomic E-state index is -0.243. The first-order valence-electron chi connectivity index (χ1n) is 7.94. The van der Waals surface area contributed by atoms with Crippen molar-refractivity contribution < 1.29 is 19.0 Å². The van der Waals surface area contributed by atoms with Crippen molar-refractivity contribution in [3.05, 3.63) is 30.2 Å². The van der Waals surface area contributed by atoms with Crippen LogP contribution in [-0.2, 0) is 14.3 Å². The highest BCUT2D eigenvalue weighted by Gasteiger charge is 2.26. The highest BCUT2D eigenvalue weighted by Crippen LogP contribution is 2.32. The lowest BCUT2D eigenvalue weighted by Crippen LogP contribution is -2.38. The first-order valence-corrected chi connectivity index (χ1v) is 8.76. The molecule has 7 nitrogen and oxygen atoms in total. The number of hydrogen-bond acceptors (Lipinski definition) is 7. The molecular weight excluding hydrogens is 342 g/mol. The van der Waals surface area contributed by atoms with Crippen molar-refractivity contribution in [3.63, 3.8) is 0 Å². The van der Waals surface area contributed by atoms with Crippen LogP contribution in [0.3, 0.4) is 0 Å². The standard InChI is InChI=1S/C17H21N3O4S/c1-19(2)6-7-20(16(21)14-11-23-8-9-24-14)17-18-13-10-12(22-3)4-5-15(13)25-17/h4-5,10-11H,6-9H2,1-3H3. The number of anilines is 1. The lowest BCUT2D eigenvalue weighted by atomic mass is 10.3. The van der Waals surface area contributed by atoms with E-state index in [1.54, 1.807) is 12.0 Å². The van der Waals surface area contributed by atoms with Gasteiger partial charge in [0, 0.05) is 19.2 Å². The maximum atomic E-state index is 12.9. The fourth-order valence-electron chi connectivity index (χ4n) is 2.34. The summed E-state index contributed by atoms with van der Waals surface area (Å²) in [6.07, 6.45) is 1.38. The van der Waals surface area contributed by atoms with E-state index in [2.05, 4.69) is 4.98 Å². The van der Waals surface area contributed by atoms with E-state index in [0.29, 0.717) is 31.4 Å². The monoisotopic (exact) mass is 363 g/mol. The van der Waals surface area contributed by atoms with E-state index < -0.39 is 0 Å². The van der Waals surface area contributed by atoms with E-state index in [-0.39, 0.29) is 11.7 Å². The molecule has 0 spiro atoms. The molecule has 1 amide bonds. The molecular formula is C17H21N3O4S. The first kappa shape index (κ1) is 17.5. The summed E-state index contributed by atoms with van der Waals surface area (Å²) in [5.41, 5.74) is 0.803. The van der Waals surface area contributed by atoms with Gasteiger partial charge in [0.25, 0.3) is 5.91 Å². The summed E-state index contributed by atoms with van der Waals surface area (Å²) in [5, 5.41) is 0.630. The Balaban J connectivity index is 1.92. The van der Waals surface area contributed by atoms with E-state index >= 15 is 0 Å². The van der Waals surface area contributed by atoms with Crippen molar-refractivity contribution in [2.45, 2.75) is 0 Å². The lowest BCUT2D eigenvalue weighted by molar-refractivity contribution is -0.119. The summed E-state index contributed by atoms with van der Waals surface area (Å²) in [6, 6.07) is 5.70. The van der Waals surface area contributed by atoms with Gasteiger partial charge in [0.05, 0.1) is 17.3 Å². The van der Waals surface area contributed by atoms with E-state index in [1.807, 2.05) is 37.2 Å². The Morgan fingerprint density at radius 2 is 2.16 bits per heavy atom. The van der Waals surface area contributed by atoms with Crippen molar-refractivity contribution in [2.75, 3.05) is 52.4 Å². The second-order valence-corrected chi connectivity index (χ2v) is 6.80. The molecule has 0 aliphatic carbocycles. The van der Waals surface area contributed by atoms with Gasteiger partial charge in [0.2, 0.25) is 5.76 Å². The van der Waals surface area contributed by atoms with Crippen LogP contribution in [0.5, 0.6) is 5.75 Å². The number of likely N-dealkylation sites (N-methyl/N-ethyl adjacent to an activating group) is 1. The second-order valence-electron chi connectivity index (χ2n) is 5.79. The summed E-state index contributed by atoms with van der Waals surface area (Å²) >= 11 is 1.46. The molecule has 3 rings (SSSR count). The molecule has 1 aliphatic rings. The third-order valence-electron chi connectivity index (χ3n) is 3.69. The topological polar surface area (TPSA) is 64.1 Å². The molecule has 0 saturated carbocycles. The normalized spacial score (nSPS) is 14.0. The molecule has 0 radical (unpaired) electrons. The number of carbonyl (C=O) groups excluding carboxylic acids is 1. The van der Waals surface area contributed by atoms with Crippen LogP contribution in [0.2, 0.25) is 0 Å². The van der Waals surface area contributed by atoms with Gasteiger partial charge in [-0.2, -0.15) is 0 Å². The van der Waals surface area contributed by atoms with Crippen LogP contribution in [0, 0.1) is 0 Å². The molecule has 134 valence electrons. The van der Waals surface area contributed by atoms with Crippen molar-refractivity contribution in [2.24, 2.45) is 0 Å². The summed E-state index contributed by atoms with van der Waals surface area (Å²) < 4.78 is 16.9. The summed E-state index contributed by atoms with van der Waals surface area (Å²) in [7, 11) is 5.55. The van der Waals surface area contributed by atoms with Gasteiger partial charge >= 0.3 is 0 Å². The van der Waals surface area contributed by atoms with Crippen LogP contribution in [0.25, 0.3) is 10.2 Å². The van der Waals surface area contributed by atoms with Gasteiger partial charge in [-0.25, -0.2) is 4.98 Å². The van der Waals surface area contributed by atoms with Gasteiger partial charge in [-0.05, 0) is 26.2 Å². The van der Waals surface area contributed by atoms with E-state index in [0.717, 1.165) is 16.0 Å². The molecule has 25 heavy (non-hydrogen) atoms. The summed E-state index contributed by atoms with van der Waals surface area (Å²) in [5.74, 6) is 0.705. The molecule has 1 aliphatic heterocycles. The number of amides is 1. The Hall–Kier alpha value is -2.32. The van der Waals surface area contributed by atoms with Crippen LogP contribution in [0.1, 0.15) is 0 Å². The Morgan fingerprint density at radius 3 is 2.84 bits per heavy atom. The number of fused-ring (bicyclic) bond motifs is 1. The molecule has 0 atom stereocenters. The molecule has 2 heterocycles. The van der Waals surface area contributed by atoms with Crippen molar-refractivity contribution in [1.82, 2.24) is 9.88 Å². The van der Waals surface area contributed by atoms with Gasteiger partial charge in [0.15, 0.2) is 5.13 Å². The summed E-state index contributed by atoms with van der Waals surface area (Å²) in [4.78, 5) is 21.2. The number of nitrogens with zero attached hydrogens (tertiary/aromatic N) is 3. The zero-order valence-electron chi connectivity index (χ0n) is 14.5. The number of aromatic nitrogens is 1. The number of methoxy groups -OCH3 is 1. The number of hydrogen-bond donors (Lipinski definition) is 0. The minimum absolute atomic E-state index is 0.210. The molecule has 0 fully saturated rings. The number of thiazole rings is 1. The average Bonchev–Trinajstić information content (AvgIpc) is 3.04. The zero-order chi connectivity index (χ0) is 17.8. The minimum Gasteiger partial charge on any atom is -0.497 e. The Bertz CT molecular complexity index is 787. The van der Waals surface area contributed by atoms with Crippen LogP contribution < -0.4 is 9.64 Å². The van der Waals surface area contributed by atoms with Crippen molar-refractivity contribution >= 4 is 32.6 Å². The molecule has 0 saturated heterocycles. The Labute approximate surface area is 150 Å². The second kappa shape index (κ2) is 7.71. The molecule has 0 unspecified atom stereocenters. The maximum absolute atomic E-state index is 12.9. The zero-order valence-corrected chi connectivity index (χ0v) is 15.3. The largest absolute Gasteiger partial charge is 0.497 e. The van der Waals surface area contributed by atoms with Gasteiger partial charge in [-0.1, -0.05) is 11.3 Å². The van der Waals surface area contributed by atoms with Gasteiger partial charge in [-0.15, -0.1) is 0 Å². The highest BCUT2D eigenvalue weighted by molar-refractivity contribution is 7.22.